The summed E-state index contributed by atoms with van der Waals surface area (Å²) < 4.78 is 1.54. The standard InChI is InChI=1S/C4H7.3CH3.Sn/c1-3-4-2;;;;/h1,4H2,2H3;3*1H3;. The van der Waals surface area contributed by atoms with E-state index in [-0.39, 0.29) is 0 Å². The summed E-state index contributed by atoms with van der Waals surface area (Å²) in [6.45, 7) is 6.24. The molecule has 0 bridgehead atoms. The van der Waals surface area contributed by atoms with E-state index < -0.39 is 18.4 Å². The van der Waals surface area contributed by atoms with Crippen molar-refractivity contribution in [1.82, 2.24) is 0 Å². The van der Waals surface area contributed by atoms with Crippen LogP contribution in [0, 0.1) is 0 Å². The zero-order valence-electron chi connectivity index (χ0n) is 6.41. The van der Waals surface area contributed by atoms with Gasteiger partial charge >= 0.3 is 56.7 Å². The topological polar surface area (TPSA) is 0 Å². The maximum absolute atomic E-state index is 4.04. The molecule has 0 N–H and O–H groups in total. The number of hydrogen-bond acceptors (Lipinski definition) is 0. The molecule has 0 saturated heterocycles. The van der Waals surface area contributed by atoms with Crippen LogP contribution in [0.5, 0.6) is 0 Å². The second kappa shape index (κ2) is 2.90. The summed E-state index contributed by atoms with van der Waals surface area (Å²) >= 11 is -1.60. The van der Waals surface area contributed by atoms with Crippen molar-refractivity contribution in [2.75, 3.05) is 0 Å². The molecule has 0 spiro atoms. The molecule has 0 fully saturated rings. The zero-order valence-corrected chi connectivity index (χ0v) is 9.27. The van der Waals surface area contributed by atoms with Gasteiger partial charge in [0.05, 0.1) is 0 Å². The van der Waals surface area contributed by atoms with E-state index in [1.165, 1.54) is 6.42 Å². The Morgan fingerprint density at radius 1 is 1.38 bits per heavy atom. The molecule has 0 aliphatic heterocycles. The van der Waals surface area contributed by atoms with Gasteiger partial charge in [0.25, 0.3) is 0 Å². The van der Waals surface area contributed by atoms with Crippen molar-refractivity contribution < 1.29 is 0 Å². The van der Waals surface area contributed by atoms with Gasteiger partial charge in [-0.2, -0.15) is 0 Å². The Morgan fingerprint density at radius 3 is 1.75 bits per heavy atom. The summed E-state index contributed by atoms with van der Waals surface area (Å²) in [4.78, 5) is 7.21. The summed E-state index contributed by atoms with van der Waals surface area (Å²) in [6, 6.07) is 0. The van der Waals surface area contributed by atoms with Crippen LogP contribution in [0.15, 0.2) is 10.2 Å². The van der Waals surface area contributed by atoms with E-state index in [0.717, 1.165) is 0 Å². The van der Waals surface area contributed by atoms with Crippen LogP contribution in [-0.4, -0.2) is 18.4 Å². The molecule has 0 heterocycles. The van der Waals surface area contributed by atoms with Crippen molar-refractivity contribution in [2.45, 2.75) is 28.2 Å². The van der Waals surface area contributed by atoms with Crippen LogP contribution in [0.4, 0.5) is 0 Å². The molecule has 0 aliphatic carbocycles. The monoisotopic (exact) mass is 220 g/mol. The van der Waals surface area contributed by atoms with Crippen molar-refractivity contribution in [2.24, 2.45) is 0 Å². The summed E-state index contributed by atoms with van der Waals surface area (Å²) in [6.07, 6.45) is 1.19. The third-order valence-electron chi connectivity index (χ3n) is 1.49. The molecule has 8 heavy (non-hydrogen) atoms. The van der Waals surface area contributed by atoms with E-state index in [9.17, 15) is 0 Å². The Kier molecular flexibility index (Phi) is 3.10. The van der Waals surface area contributed by atoms with E-state index in [4.69, 9.17) is 0 Å². The first-order chi connectivity index (χ1) is 3.48. The summed E-state index contributed by atoms with van der Waals surface area (Å²) in [5.41, 5.74) is 0. The Hall–Kier alpha value is 0.539. The van der Waals surface area contributed by atoms with E-state index in [1.54, 1.807) is 3.59 Å². The van der Waals surface area contributed by atoms with Crippen LogP contribution in [0.1, 0.15) is 13.3 Å². The van der Waals surface area contributed by atoms with E-state index >= 15 is 0 Å². The quantitative estimate of drug-likeness (QED) is 0.626. The molecular formula is C7H16Sn. The molecule has 0 radical (unpaired) electrons. The van der Waals surface area contributed by atoms with Crippen LogP contribution in [0.25, 0.3) is 0 Å². The van der Waals surface area contributed by atoms with Crippen molar-refractivity contribution in [1.29, 1.82) is 0 Å². The SMILES string of the molecule is C=[C](CC)[Sn]([CH3])([CH3])[CH3]. The summed E-state index contributed by atoms with van der Waals surface area (Å²) in [7, 11) is 0. The Labute approximate surface area is 56.9 Å². The predicted octanol–water partition coefficient (Wildman–Crippen LogP) is 2.83. The molecule has 1 heteroatoms. The fourth-order valence-electron chi connectivity index (χ4n) is 0.530. The molecule has 0 saturated carbocycles. The minimum absolute atomic E-state index is 1.19. The van der Waals surface area contributed by atoms with Crippen LogP contribution < -0.4 is 0 Å². The normalized spacial score (nSPS) is 11.5. The maximum atomic E-state index is 4.04. The van der Waals surface area contributed by atoms with Crippen molar-refractivity contribution in [3.63, 3.8) is 0 Å². The number of allylic oxidation sites excluding steroid dienone is 1. The van der Waals surface area contributed by atoms with E-state index in [0.29, 0.717) is 0 Å². The van der Waals surface area contributed by atoms with Gasteiger partial charge in [0, 0.05) is 0 Å². The molecule has 0 aromatic heterocycles. The molecule has 0 aromatic carbocycles. The molecule has 0 rings (SSSR count). The molecule has 0 aromatic rings. The van der Waals surface area contributed by atoms with Crippen LogP contribution in [0.2, 0.25) is 14.8 Å². The summed E-state index contributed by atoms with van der Waals surface area (Å²) in [5.74, 6) is 0. The minimum atomic E-state index is -1.60. The van der Waals surface area contributed by atoms with Crippen LogP contribution >= 0.6 is 0 Å². The first-order valence-corrected chi connectivity index (χ1v) is 13.2. The molecule has 0 unspecified atom stereocenters. The molecule has 0 aliphatic rings. The second-order valence-electron chi connectivity index (χ2n) is 3.21. The van der Waals surface area contributed by atoms with Crippen LogP contribution in [-0.2, 0) is 0 Å². The fourth-order valence-corrected chi connectivity index (χ4v) is 3.56. The van der Waals surface area contributed by atoms with E-state index in [2.05, 4.69) is 28.3 Å². The zero-order chi connectivity index (χ0) is 6.78. The Bertz CT molecular complexity index is 87.1. The summed E-state index contributed by atoms with van der Waals surface area (Å²) in [5, 5.41) is 0. The number of rotatable bonds is 2. The Balaban J connectivity index is 3.82. The van der Waals surface area contributed by atoms with Gasteiger partial charge in [-0.25, -0.2) is 0 Å². The van der Waals surface area contributed by atoms with Gasteiger partial charge in [0.2, 0.25) is 0 Å². The van der Waals surface area contributed by atoms with Gasteiger partial charge in [0.1, 0.15) is 0 Å². The molecular weight excluding hydrogens is 203 g/mol. The van der Waals surface area contributed by atoms with Gasteiger partial charge in [0.15, 0.2) is 0 Å². The van der Waals surface area contributed by atoms with Gasteiger partial charge in [-0.15, -0.1) is 0 Å². The third-order valence-corrected chi connectivity index (χ3v) is 8.55. The van der Waals surface area contributed by atoms with Crippen molar-refractivity contribution >= 4 is 18.4 Å². The average molecular weight is 219 g/mol. The van der Waals surface area contributed by atoms with Gasteiger partial charge in [-0.1, -0.05) is 0 Å². The molecule has 0 atom stereocenters. The average Bonchev–Trinajstić information content (AvgIpc) is 1.62. The fraction of sp³-hybridized carbons (Fsp3) is 0.714. The molecule has 0 amide bonds. The van der Waals surface area contributed by atoms with Crippen molar-refractivity contribution in [3.05, 3.63) is 10.2 Å². The second-order valence-corrected chi connectivity index (χ2v) is 18.1. The van der Waals surface area contributed by atoms with Gasteiger partial charge < -0.3 is 0 Å². The van der Waals surface area contributed by atoms with Gasteiger partial charge in [-0.05, 0) is 0 Å². The molecule has 0 nitrogen and oxygen atoms in total. The van der Waals surface area contributed by atoms with E-state index in [1.807, 2.05) is 0 Å². The van der Waals surface area contributed by atoms with Gasteiger partial charge in [-0.3, -0.25) is 0 Å². The predicted molar refractivity (Wildman–Crippen MR) is 42.8 cm³/mol. The number of hydrogen-bond donors (Lipinski definition) is 0. The van der Waals surface area contributed by atoms with Crippen LogP contribution in [0.3, 0.4) is 0 Å². The third kappa shape index (κ3) is 2.75. The Morgan fingerprint density at radius 2 is 1.75 bits per heavy atom. The first kappa shape index (κ1) is 8.54. The first-order valence-electron chi connectivity index (χ1n) is 3.16. The van der Waals surface area contributed by atoms with Crippen molar-refractivity contribution in [3.8, 4) is 0 Å². The molecule has 48 valence electrons.